The second-order valence-corrected chi connectivity index (χ2v) is 10.6. The molecular weight excluding hydrogens is 466 g/mol. The number of hydrogen-bond acceptors (Lipinski definition) is 6. The van der Waals surface area contributed by atoms with Crippen LogP contribution in [0.15, 0.2) is 64.5 Å². The van der Waals surface area contributed by atoms with Crippen molar-refractivity contribution in [1.82, 2.24) is 14.5 Å². The molecular formula is C26H21N3O3S2. The van der Waals surface area contributed by atoms with E-state index < -0.39 is 0 Å². The molecule has 2 aromatic heterocycles. The van der Waals surface area contributed by atoms with Crippen molar-refractivity contribution in [2.24, 2.45) is 0 Å². The van der Waals surface area contributed by atoms with Crippen LogP contribution in [0.4, 0.5) is 0 Å². The van der Waals surface area contributed by atoms with Crippen molar-refractivity contribution in [1.29, 1.82) is 0 Å². The summed E-state index contributed by atoms with van der Waals surface area (Å²) in [6.45, 7) is 0.251. The number of carbonyl (C=O) groups is 2. The summed E-state index contributed by atoms with van der Waals surface area (Å²) in [5.41, 5.74) is 2.78. The highest BCUT2D eigenvalue weighted by Crippen LogP contribution is 2.35. The van der Waals surface area contributed by atoms with Crippen molar-refractivity contribution in [2.75, 3.05) is 12.3 Å². The number of thioether (sulfide) groups is 1. The number of benzene rings is 2. The highest BCUT2D eigenvalue weighted by atomic mass is 32.2. The Hall–Kier alpha value is -3.23. The normalized spacial score (nSPS) is 15.1. The molecule has 6 nitrogen and oxygen atoms in total. The van der Waals surface area contributed by atoms with Gasteiger partial charge in [0.25, 0.3) is 17.4 Å². The van der Waals surface area contributed by atoms with Crippen molar-refractivity contribution in [3.05, 3.63) is 86.5 Å². The summed E-state index contributed by atoms with van der Waals surface area (Å²) >= 11 is 3.03. The van der Waals surface area contributed by atoms with Crippen molar-refractivity contribution in [2.45, 2.75) is 30.8 Å². The van der Waals surface area contributed by atoms with Gasteiger partial charge in [-0.1, -0.05) is 42.1 Å². The Balaban J connectivity index is 1.35. The molecule has 1 aliphatic carbocycles. The average Bonchev–Trinajstić information content (AvgIpc) is 3.35. The summed E-state index contributed by atoms with van der Waals surface area (Å²) in [7, 11) is 0. The number of aromatic nitrogens is 2. The van der Waals surface area contributed by atoms with Gasteiger partial charge in [-0.2, -0.15) is 0 Å². The SMILES string of the molecule is O=C1c2ccccc2C(=O)N1CCSc1nc2sc3c(c2c(=O)n1-c1ccccc1)CCCC3. The minimum Gasteiger partial charge on any atom is -0.273 e. The van der Waals surface area contributed by atoms with Gasteiger partial charge >= 0.3 is 0 Å². The Kier molecular flexibility index (Phi) is 5.34. The lowest BCUT2D eigenvalue weighted by molar-refractivity contribution is 0.0664. The van der Waals surface area contributed by atoms with Gasteiger partial charge in [0.1, 0.15) is 4.83 Å². The first-order chi connectivity index (χ1) is 16.6. The Morgan fingerprint density at radius 2 is 1.56 bits per heavy atom. The predicted molar refractivity (Wildman–Crippen MR) is 134 cm³/mol. The number of imide groups is 1. The van der Waals surface area contributed by atoms with Gasteiger partial charge < -0.3 is 0 Å². The van der Waals surface area contributed by atoms with Crippen molar-refractivity contribution >= 4 is 45.1 Å². The summed E-state index contributed by atoms with van der Waals surface area (Å²) in [4.78, 5) is 47.4. The highest BCUT2D eigenvalue weighted by molar-refractivity contribution is 7.99. The summed E-state index contributed by atoms with van der Waals surface area (Å²) in [5.74, 6) is -0.0894. The van der Waals surface area contributed by atoms with Crippen LogP contribution in [0.5, 0.6) is 0 Å². The van der Waals surface area contributed by atoms with Crippen molar-refractivity contribution in [3.63, 3.8) is 0 Å². The third-order valence-corrected chi connectivity index (χ3v) is 8.50. The Morgan fingerprint density at radius 1 is 0.882 bits per heavy atom. The van der Waals surface area contributed by atoms with Gasteiger partial charge in [-0.25, -0.2) is 4.98 Å². The molecule has 3 heterocycles. The minimum absolute atomic E-state index is 0.0427. The van der Waals surface area contributed by atoms with Crippen LogP contribution in [0.2, 0.25) is 0 Å². The summed E-state index contributed by atoms with van der Waals surface area (Å²) in [5, 5.41) is 1.33. The molecule has 0 atom stereocenters. The van der Waals surface area contributed by atoms with E-state index in [0.29, 0.717) is 22.0 Å². The molecule has 8 heteroatoms. The van der Waals surface area contributed by atoms with E-state index in [1.807, 2.05) is 30.3 Å². The van der Waals surface area contributed by atoms with Gasteiger partial charge in [-0.15, -0.1) is 11.3 Å². The second-order valence-electron chi connectivity index (χ2n) is 8.42. The maximum absolute atomic E-state index is 13.8. The van der Waals surface area contributed by atoms with Crippen LogP contribution >= 0.6 is 23.1 Å². The Labute approximate surface area is 204 Å². The second kappa shape index (κ2) is 8.52. The molecule has 0 fully saturated rings. The van der Waals surface area contributed by atoms with Gasteiger partial charge in [0.15, 0.2) is 5.16 Å². The number of rotatable bonds is 5. The number of hydrogen-bond donors (Lipinski definition) is 0. The fraction of sp³-hybridized carbons (Fsp3) is 0.231. The summed E-state index contributed by atoms with van der Waals surface area (Å²) in [6, 6.07) is 16.4. The van der Waals surface area contributed by atoms with Crippen LogP contribution in [0.3, 0.4) is 0 Å². The first kappa shape index (κ1) is 21.3. The van der Waals surface area contributed by atoms with Gasteiger partial charge in [0, 0.05) is 17.2 Å². The number of fused-ring (bicyclic) bond motifs is 4. The fourth-order valence-corrected chi connectivity index (χ4v) is 7.00. The van der Waals surface area contributed by atoms with Crippen LogP contribution in [-0.2, 0) is 12.8 Å². The standard InChI is InChI=1S/C26H21N3O3S2/c30-23-17-10-4-5-11-18(17)24(31)28(23)14-15-33-26-27-22-21(19-12-6-7-13-20(19)34-22)25(32)29(26)16-8-2-1-3-9-16/h1-5,8-11H,6-7,12-15H2. The maximum Gasteiger partial charge on any atom is 0.267 e. The highest BCUT2D eigenvalue weighted by Gasteiger charge is 2.34. The van der Waals surface area contributed by atoms with E-state index >= 15 is 0 Å². The summed E-state index contributed by atoms with van der Waals surface area (Å²) in [6.07, 6.45) is 4.17. The molecule has 4 aromatic rings. The maximum atomic E-state index is 13.8. The number of aryl methyl sites for hydroxylation is 2. The molecule has 0 saturated heterocycles. The average molecular weight is 488 g/mol. The quantitative estimate of drug-likeness (QED) is 0.232. The third-order valence-electron chi connectivity index (χ3n) is 6.40. The van der Waals surface area contributed by atoms with Crippen LogP contribution in [0.1, 0.15) is 44.0 Å². The monoisotopic (exact) mass is 487 g/mol. The van der Waals surface area contributed by atoms with Gasteiger partial charge in [-0.05, 0) is 55.5 Å². The zero-order chi connectivity index (χ0) is 23.2. The van der Waals surface area contributed by atoms with E-state index in [1.54, 1.807) is 40.2 Å². The molecule has 2 aromatic carbocycles. The Bertz CT molecular complexity index is 1470. The first-order valence-electron chi connectivity index (χ1n) is 11.3. The first-order valence-corrected chi connectivity index (χ1v) is 13.1. The molecule has 0 bridgehead atoms. The zero-order valence-electron chi connectivity index (χ0n) is 18.3. The molecule has 2 amide bonds. The van der Waals surface area contributed by atoms with E-state index in [-0.39, 0.29) is 23.9 Å². The molecule has 170 valence electrons. The molecule has 0 radical (unpaired) electrons. The van der Waals surface area contributed by atoms with Gasteiger partial charge in [-0.3, -0.25) is 23.9 Å². The van der Waals surface area contributed by atoms with E-state index in [2.05, 4.69) is 0 Å². The number of carbonyl (C=O) groups excluding carboxylic acids is 2. The molecule has 0 saturated carbocycles. The zero-order valence-corrected chi connectivity index (χ0v) is 20.0. The topological polar surface area (TPSA) is 72.3 Å². The van der Waals surface area contributed by atoms with Crippen LogP contribution < -0.4 is 5.56 Å². The third kappa shape index (κ3) is 3.40. The van der Waals surface area contributed by atoms with Crippen molar-refractivity contribution in [3.8, 4) is 5.69 Å². The van der Waals surface area contributed by atoms with E-state index in [1.165, 1.54) is 21.5 Å². The number of amides is 2. The lowest BCUT2D eigenvalue weighted by Crippen LogP contribution is -2.32. The molecule has 0 N–H and O–H groups in total. The van der Waals surface area contributed by atoms with Crippen LogP contribution in [-0.4, -0.2) is 38.6 Å². The van der Waals surface area contributed by atoms with E-state index in [0.717, 1.165) is 47.2 Å². The fourth-order valence-electron chi connectivity index (χ4n) is 4.76. The predicted octanol–water partition coefficient (Wildman–Crippen LogP) is 4.71. The van der Waals surface area contributed by atoms with Crippen LogP contribution in [0, 0.1) is 0 Å². The molecule has 1 aliphatic heterocycles. The number of para-hydroxylation sites is 1. The van der Waals surface area contributed by atoms with E-state index in [4.69, 9.17) is 4.98 Å². The molecule has 34 heavy (non-hydrogen) atoms. The minimum atomic E-state index is -0.268. The summed E-state index contributed by atoms with van der Waals surface area (Å²) < 4.78 is 1.68. The van der Waals surface area contributed by atoms with Gasteiger partial charge in [0.2, 0.25) is 0 Å². The molecule has 6 rings (SSSR count). The number of thiophene rings is 1. The molecule has 0 spiro atoms. The lowest BCUT2D eigenvalue weighted by atomic mass is 9.97. The van der Waals surface area contributed by atoms with Crippen molar-refractivity contribution < 1.29 is 9.59 Å². The Morgan fingerprint density at radius 3 is 2.29 bits per heavy atom. The van der Waals surface area contributed by atoms with Gasteiger partial charge in [0.05, 0.1) is 22.2 Å². The molecule has 2 aliphatic rings. The van der Waals surface area contributed by atoms with E-state index in [9.17, 15) is 14.4 Å². The largest absolute Gasteiger partial charge is 0.273 e. The number of nitrogens with zero attached hydrogens (tertiary/aromatic N) is 3. The smallest absolute Gasteiger partial charge is 0.267 e. The lowest BCUT2D eigenvalue weighted by Gasteiger charge is -2.16. The van der Waals surface area contributed by atoms with Crippen LogP contribution in [0.25, 0.3) is 15.9 Å². The molecule has 0 unspecified atom stereocenters.